The molecule has 116 valence electrons. The first kappa shape index (κ1) is 14.2. The summed E-state index contributed by atoms with van der Waals surface area (Å²) in [7, 11) is 0. The number of nitrogens with zero attached hydrogens (tertiary/aromatic N) is 6. The molecule has 0 atom stereocenters. The minimum absolute atomic E-state index is 0.499. The molecule has 0 amide bonds. The largest absolute Gasteiger partial charge is 0.264 e. The van der Waals surface area contributed by atoms with E-state index in [4.69, 9.17) is 0 Å². The molecule has 1 aromatic carbocycles. The fourth-order valence-corrected chi connectivity index (χ4v) is 2.49. The van der Waals surface area contributed by atoms with Crippen LogP contribution in [0.15, 0.2) is 67.1 Å². The first-order chi connectivity index (χ1) is 11.8. The lowest BCUT2D eigenvalue weighted by Crippen LogP contribution is -1.99. The summed E-state index contributed by atoms with van der Waals surface area (Å²) < 4.78 is 0. The lowest BCUT2D eigenvalue weighted by molar-refractivity contribution is 0.720. The van der Waals surface area contributed by atoms with Crippen molar-refractivity contribution >= 4 is 0 Å². The third kappa shape index (κ3) is 2.65. The van der Waals surface area contributed by atoms with Crippen LogP contribution in [0.3, 0.4) is 0 Å². The molecule has 0 bridgehead atoms. The van der Waals surface area contributed by atoms with Crippen molar-refractivity contribution in [2.24, 2.45) is 0 Å². The molecule has 0 saturated heterocycles. The van der Waals surface area contributed by atoms with E-state index in [0.717, 1.165) is 16.8 Å². The van der Waals surface area contributed by atoms with Crippen molar-refractivity contribution in [2.75, 3.05) is 0 Å². The van der Waals surface area contributed by atoms with Gasteiger partial charge in [-0.15, -0.1) is 15.0 Å². The Labute approximate surface area is 138 Å². The smallest absolute Gasteiger partial charge is 0.223 e. The standard InChI is InChI=1S/C18H14N6/c1-13-8-10-19-12-16(13)14-5-4-6-15(11-14)24-22-18(21-23-24)17-7-2-3-9-20-17/h2-12H,1H3. The Balaban J connectivity index is 1.72. The van der Waals surface area contributed by atoms with Crippen LogP contribution in [0.1, 0.15) is 5.56 Å². The van der Waals surface area contributed by atoms with Gasteiger partial charge in [-0.2, -0.15) is 0 Å². The number of hydrogen-bond donors (Lipinski definition) is 0. The molecule has 0 saturated carbocycles. The highest BCUT2D eigenvalue weighted by molar-refractivity contribution is 5.68. The Morgan fingerprint density at radius 3 is 2.75 bits per heavy atom. The quantitative estimate of drug-likeness (QED) is 0.581. The molecule has 0 fully saturated rings. The SMILES string of the molecule is Cc1ccncc1-c1cccc(-n2nnc(-c3ccccn3)n2)c1. The van der Waals surface area contributed by atoms with E-state index in [2.05, 4.69) is 32.3 Å². The van der Waals surface area contributed by atoms with Gasteiger partial charge in [0.05, 0.1) is 5.69 Å². The highest BCUT2D eigenvalue weighted by Crippen LogP contribution is 2.24. The summed E-state index contributed by atoms with van der Waals surface area (Å²) >= 11 is 0. The summed E-state index contributed by atoms with van der Waals surface area (Å²) in [4.78, 5) is 9.97. The topological polar surface area (TPSA) is 69.4 Å². The van der Waals surface area contributed by atoms with Gasteiger partial charge in [0.15, 0.2) is 0 Å². The lowest BCUT2D eigenvalue weighted by atomic mass is 10.0. The monoisotopic (exact) mass is 314 g/mol. The lowest BCUT2D eigenvalue weighted by Gasteiger charge is -2.06. The van der Waals surface area contributed by atoms with E-state index in [0.29, 0.717) is 11.5 Å². The summed E-state index contributed by atoms with van der Waals surface area (Å²) in [6, 6.07) is 15.6. The van der Waals surface area contributed by atoms with Crippen LogP contribution >= 0.6 is 0 Å². The van der Waals surface area contributed by atoms with Crippen LogP contribution < -0.4 is 0 Å². The molecule has 3 heterocycles. The molecule has 0 aliphatic rings. The molecule has 0 aliphatic carbocycles. The Morgan fingerprint density at radius 2 is 1.92 bits per heavy atom. The zero-order chi connectivity index (χ0) is 16.4. The van der Waals surface area contributed by atoms with Crippen molar-refractivity contribution < 1.29 is 0 Å². The number of hydrogen-bond acceptors (Lipinski definition) is 5. The second-order valence-corrected chi connectivity index (χ2v) is 5.36. The van der Waals surface area contributed by atoms with Crippen LogP contribution in [-0.4, -0.2) is 30.2 Å². The number of tetrazole rings is 1. The van der Waals surface area contributed by atoms with Gasteiger partial charge >= 0.3 is 0 Å². The third-order valence-corrected chi connectivity index (χ3v) is 3.73. The average Bonchev–Trinajstić information content (AvgIpc) is 3.13. The van der Waals surface area contributed by atoms with Crippen LogP contribution in [-0.2, 0) is 0 Å². The molecule has 4 aromatic rings. The van der Waals surface area contributed by atoms with Crippen LogP contribution in [0.25, 0.3) is 28.3 Å². The number of aromatic nitrogens is 6. The van der Waals surface area contributed by atoms with E-state index in [1.165, 1.54) is 10.4 Å². The van der Waals surface area contributed by atoms with E-state index in [1.807, 2.05) is 54.7 Å². The Bertz CT molecular complexity index is 977. The van der Waals surface area contributed by atoms with Crippen molar-refractivity contribution in [1.82, 2.24) is 30.2 Å². The molecule has 24 heavy (non-hydrogen) atoms. The number of aryl methyl sites for hydroxylation is 1. The summed E-state index contributed by atoms with van der Waals surface area (Å²) in [5.74, 6) is 0.499. The van der Waals surface area contributed by atoms with Gasteiger partial charge in [-0.25, -0.2) is 0 Å². The Hall–Kier alpha value is -3.41. The molecule has 6 heteroatoms. The zero-order valence-electron chi connectivity index (χ0n) is 13.0. The van der Waals surface area contributed by atoms with Gasteiger partial charge in [-0.05, 0) is 53.6 Å². The van der Waals surface area contributed by atoms with Crippen molar-refractivity contribution in [2.45, 2.75) is 6.92 Å². The van der Waals surface area contributed by atoms with E-state index in [1.54, 1.807) is 12.4 Å². The van der Waals surface area contributed by atoms with E-state index >= 15 is 0 Å². The van der Waals surface area contributed by atoms with Gasteiger partial charge in [-0.3, -0.25) is 9.97 Å². The maximum Gasteiger partial charge on any atom is 0.223 e. The van der Waals surface area contributed by atoms with Gasteiger partial charge in [0.2, 0.25) is 5.82 Å². The summed E-state index contributed by atoms with van der Waals surface area (Å²) in [5, 5.41) is 12.7. The predicted octanol–water partition coefficient (Wildman–Crippen LogP) is 3.09. The average molecular weight is 314 g/mol. The zero-order valence-corrected chi connectivity index (χ0v) is 13.0. The summed E-state index contributed by atoms with van der Waals surface area (Å²) in [6.45, 7) is 2.07. The van der Waals surface area contributed by atoms with E-state index in [9.17, 15) is 0 Å². The fraction of sp³-hybridized carbons (Fsp3) is 0.0556. The fourth-order valence-electron chi connectivity index (χ4n) is 2.49. The normalized spacial score (nSPS) is 10.7. The third-order valence-electron chi connectivity index (χ3n) is 3.73. The minimum atomic E-state index is 0.499. The first-order valence-corrected chi connectivity index (χ1v) is 7.54. The van der Waals surface area contributed by atoms with Gasteiger partial charge in [0, 0.05) is 24.2 Å². The summed E-state index contributed by atoms with van der Waals surface area (Å²) in [6.07, 6.45) is 5.37. The molecule has 3 aromatic heterocycles. The van der Waals surface area contributed by atoms with Gasteiger partial charge < -0.3 is 0 Å². The van der Waals surface area contributed by atoms with Gasteiger partial charge in [0.1, 0.15) is 5.69 Å². The van der Waals surface area contributed by atoms with Crippen molar-refractivity contribution in [3.8, 4) is 28.3 Å². The number of benzene rings is 1. The van der Waals surface area contributed by atoms with E-state index < -0.39 is 0 Å². The molecule has 0 unspecified atom stereocenters. The number of pyridine rings is 2. The van der Waals surface area contributed by atoms with Crippen LogP contribution in [0.5, 0.6) is 0 Å². The van der Waals surface area contributed by atoms with E-state index in [-0.39, 0.29) is 0 Å². The summed E-state index contributed by atoms with van der Waals surface area (Å²) in [5.41, 5.74) is 4.86. The van der Waals surface area contributed by atoms with Crippen LogP contribution in [0.2, 0.25) is 0 Å². The molecule has 0 aliphatic heterocycles. The van der Waals surface area contributed by atoms with Crippen molar-refractivity contribution in [3.63, 3.8) is 0 Å². The molecule has 0 radical (unpaired) electrons. The second-order valence-electron chi connectivity index (χ2n) is 5.36. The molecule has 6 nitrogen and oxygen atoms in total. The Morgan fingerprint density at radius 1 is 0.958 bits per heavy atom. The second kappa shape index (κ2) is 6.00. The van der Waals surface area contributed by atoms with Gasteiger partial charge in [-0.1, -0.05) is 18.2 Å². The van der Waals surface area contributed by atoms with Gasteiger partial charge in [0.25, 0.3) is 0 Å². The van der Waals surface area contributed by atoms with Crippen LogP contribution in [0, 0.1) is 6.92 Å². The Kier molecular flexibility index (Phi) is 3.55. The number of rotatable bonds is 3. The molecular weight excluding hydrogens is 300 g/mol. The predicted molar refractivity (Wildman–Crippen MR) is 90.4 cm³/mol. The molecule has 4 rings (SSSR count). The molecular formula is C18H14N6. The van der Waals surface area contributed by atoms with Crippen molar-refractivity contribution in [1.29, 1.82) is 0 Å². The highest BCUT2D eigenvalue weighted by atomic mass is 15.6. The highest BCUT2D eigenvalue weighted by Gasteiger charge is 2.09. The maximum absolute atomic E-state index is 4.42. The first-order valence-electron chi connectivity index (χ1n) is 7.54. The molecule has 0 spiro atoms. The maximum atomic E-state index is 4.42. The van der Waals surface area contributed by atoms with Crippen molar-refractivity contribution in [3.05, 3.63) is 72.7 Å². The molecule has 0 N–H and O–H groups in total. The minimum Gasteiger partial charge on any atom is -0.264 e. The van der Waals surface area contributed by atoms with Crippen LogP contribution in [0.4, 0.5) is 0 Å².